The quantitative estimate of drug-likeness (QED) is 0.0662. The summed E-state index contributed by atoms with van der Waals surface area (Å²) in [7, 11) is 0. The molecule has 0 spiro atoms. The molecule has 7 unspecified atom stereocenters. The minimum Gasteiger partial charge on any atom is -0.462 e. The largest absolute Gasteiger partial charge is 0.462 e. The number of hydrogen-bond acceptors (Lipinski definition) is 8. The van der Waals surface area contributed by atoms with Crippen LogP contribution in [0, 0.1) is 34.5 Å². The summed E-state index contributed by atoms with van der Waals surface area (Å²) in [5.74, 6) is 2.60. The standard InChI is InChI=1S/C40H70N2O7.C2H6/c1-6-36(43)42-20-22-46-24-26-48-28-27-47-25-23-45-21-16-37(44)49-33-14-17-39(5)32(29-33)13-19-40(41)34-12-11-31(10-8-7-9-30(2)3)38(34,4)18-15-35(39)40;1-2/h13,30-31,33-35H,6-12,14-29,41H2,1-5H3,(H,42,43);1-2H3. The molecule has 0 aromatic carbocycles. The van der Waals surface area contributed by atoms with E-state index in [1.54, 1.807) is 0 Å². The van der Waals surface area contributed by atoms with Gasteiger partial charge in [0.1, 0.15) is 6.10 Å². The Bertz CT molecular complexity index is 1070. The number of hydrogen-bond donors (Lipinski definition) is 2. The van der Waals surface area contributed by atoms with E-state index in [1.165, 1.54) is 56.9 Å². The van der Waals surface area contributed by atoms with Crippen LogP contribution in [0.25, 0.3) is 0 Å². The zero-order chi connectivity index (χ0) is 37.3. The highest BCUT2D eigenvalue weighted by atomic mass is 16.6. The van der Waals surface area contributed by atoms with Crippen molar-refractivity contribution < 1.29 is 33.3 Å². The van der Waals surface area contributed by atoms with Gasteiger partial charge in [-0.25, -0.2) is 0 Å². The molecule has 0 saturated heterocycles. The molecule has 3 N–H and O–H groups in total. The summed E-state index contributed by atoms with van der Waals surface area (Å²) in [4.78, 5) is 23.8. The lowest BCUT2D eigenvalue weighted by Gasteiger charge is -2.63. The van der Waals surface area contributed by atoms with E-state index in [-0.39, 0.29) is 35.4 Å². The second-order valence-electron chi connectivity index (χ2n) is 16.3. The smallest absolute Gasteiger partial charge is 0.308 e. The molecule has 4 aliphatic rings. The van der Waals surface area contributed by atoms with Crippen molar-refractivity contribution in [2.75, 3.05) is 59.4 Å². The summed E-state index contributed by atoms with van der Waals surface area (Å²) in [5.41, 5.74) is 9.45. The average Bonchev–Trinajstić information content (AvgIpc) is 3.46. The van der Waals surface area contributed by atoms with Crippen LogP contribution in [0.3, 0.4) is 0 Å². The third kappa shape index (κ3) is 12.2. The van der Waals surface area contributed by atoms with Crippen molar-refractivity contribution in [2.45, 2.75) is 150 Å². The van der Waals surface area contributed by atoms with E-state index in [9.17, 15) is 9.59 Å². The van der Waals surface area contributed by atoms with Crippen LogP contribution in [0.5, 0.6) is 0 Å². The number of amides is 1. The minimum atomic E-state index is -0.179. The van der Waals surface area contributed by atoms with E-state index in [2.05, 4.69) is 39.1 Å². The number of rotatable bonds is 22. The van der Waals surface area contributed by atoms with Gasteiger partial charge in [0.05, 0.1) is 59.3 Å². The molecule has 3 fully saturated rings. The molecule has 9 nitrogen and oxygen atoms in total. The maximum atomic E-state index is 12.7. The predicted octanol–water partition coefficient (Wildman–Crippen LogP) is 7.78. The van der Waals surface area contributed by atoms with Crippen LogP contribution in [0.4, 0.5) is 0 Å². The van der Waals surface area contributed by atoms with E-state index in [4.69, 9.17) is 29.4 Å². The molecule has 0 heterocycles. The first-order valence-corrected chi connectivity index (χ1v) is 20.8. The van der Waals surface area contributed by atoms with Crippen LogP contribution in [0.1, 0.15) is 138 Å². The van der Waals surface area contributed by atoms with E-state index < -0.39 is 0 Å². The van der Waals surface area contributed by atoms with Gasteiger partial charge in [0.15, 0.2) is 0 Å². The Labute approximate surface area is 311 Å². The Balaban J connectivity index is 0.00000345. The van der Waals surface area contributed by atoms with Crippen molar-refractivity contribution in [2.24, 2.45) is 40.2 Å². The lowest BCUT2D eigenvalue weighted by Crippen LogP contribution is -2.66. The van der Waals surface area contributed by atoms with Crippen LogP contribution in [0.15, 0.2) is 11.6 Å². The van der Waals surface area contributed by atoms with Gasteiger partial charge in [0, 0.05) is 24.9 Å². The molecule has 4 aliphatic carbocycles. The molecule has 0 aliphatic heterocycles. The molecule has 0 bridgehead atoms. The van der Waals surface area contributed by atoms with Crippen molar-refractivity contribution in [3.05, 3.63) is 11.6 Å². The van der Waals surface area contributed by atoms with Crippen molar-refractivity contribution >= 4 is 11.9 Å². The number of nitrogens with one attached hydrogen (secondary N) is 1. The molecule has 9 heteroatoms. The Morgan fingerprint density at radius 3 is 2.16 bits per heavy atom. The molecular weight excluding hydrogens is 644 g/mol. The van der Waals surface area contributed by atoms with Gasteiger partial charge in [-0.15, -0.1) is 0 Å². The van der Waals surface area contributed by atoms with Crippen molar-refractivity contribution in [3.8, 4) is 0 Å². The Morgan fingerprint density at radius 1 is 0.863 bits per heavy atom. The first-order valence-electron chi connectivity index (χ1n) is 20.8. The molecule has 3 saturated carbocycles. The number of ether oxygens (including phenoxy) is 5. The van der Waals surface area contributed by atoms with Crippen molar-refractivity contribution in [1.82, 2.24) is 5.32 Å². The third-order valence-electron chi connectivity index (χ3n) is 12.8. The fourth-order valence-corrected chi connectivity index (χ4v) is 10.0. The fourth-order valence-electron chi connectivity index (χ4n) is 10.0. The van der Waals surface area contributed by atoms with Gasteiger partial charge >= 0.3 is 5.97 Å². The maximum absolute atomic E-state index is 12.7. The van der Waals surface area contributed by atoms with Crippen LogP contribution in [-0.4, -0.2) is 82.9 Å². The number of carbonyl (C=O) groups excluding carboxylic acids is 2. The SMILES string of the molecule is CC.CCC(=O)NCCOCCOCCOCCOCCC(=O)OC1CCC2(C)C(=CCC3(N)C2CCC2(C)C(CCCCC(C)C)CCC23)C1. The molecule has 1 amide bonds. The molecule has 0 aromatic heterocycles. The topological polar surface area (TPSA) is 118 Å². The molecule has 0 aromatic rings. The van der Waals surface area contributed by atoms with Crippen LogP contribution in [0.2, 0.25) is 0 Å². The monoisotopic (exact) mass is 721 g/mol. The molecular formula is C42H76N2O7. The zero-order valence-corrected chi connectivity index (χ0v) is 33.7. The van der Waals surface area contributed by atoms with Gasteiger partial charge in [0.25, 0.3) is 0 Å². The summed E-state index contributed by atoms with van der Waals surface area (Å²) in [5, 5.41) is 2.76. The second kappa shape index (κ2) is 22.0. The van der Waals surface area contributed by atoms with Gasteiger partial charge in [-0.1, -0.05) is 79.4 Å². The summed E-state index contributed by atoms with van der Waals surface area (Å²) >= 11 is 0. The number of nitrogens with two attached hydrogens (primary N) is 1. The summed E-state index contributed by atoms with van der Waals surface area (Å²) in [6.07, 6.45) is 17.6. The number of unbranched alkanes of at least 4 members (excludes halogenated alkanes) is 1. The highest BCUT2D eigenvalue weighted by Gasteiger charge is 2.64. The van der Waals surface area contributed by atoms with Gasteiger partial charge < -0.3 is 34.7 Å². The highest BCUT2D eigenvalue weighted by Crippen LogP contribution is 2.67. The zero-order valence-electron chi connectivity index (χ0n) is 33.7. The van der Waals surface area contributed by atoms with Gasteiger partial charge in [0.2, 0.25) is 5.91 Å². The van der Waals surface area contributed by atoms with E-state index in [1.807, 2.05) is 20.8 Å². The van der Waals surface area contributed by atoms with Crippen LogP contribution >= 0.6 is 0 Å². The van der Waals surface area contributed by atoms with Crippen molar-refractivity contribution in [3.63, 3.8) is 0 Å². The third-order valence-corrected chi connectivity index (χ3v) is 12.8. The number of fused-ring (bicyclic) bond motifs is 5. The predicted molar refractivity (Wildman–Crippen MR) is 204 cm³/mol. The first-order chi connectivity index (χ1) is 24.5. The Hall–Kier alpha value is -1.52. The first kappa shape index (κ1) is 43.9. The highest BCUT2D eigenvalue weighted by molar-refractivity contribution is 5.75. The number of carbonyl (C=O) groups is 2. The fraction of sp³-hybridized carbons (Fsp3) is 0.905. The van der Waals surface area contributed by atoms with Gasteiger partial charge in [-0.3, -0.25) is 9.59 Å². The number of esters is 1. The Morgan fingerprint density at radius 2 is 1.51 bits per heavy atom. The summed E-state index contributed by atoms with van der Waals surface area (Å²) < 4.78 is 28.0. The van der Waals surface area contributed by atoms with E-state index >= 15 is 0 Å². The molecule has 7 atom stereocenters. The molecule has 0 radical (unpaired) electrons. The molecule has 4 rings (SSSR count). The average molecular weight is 721 g/mol. The lowest BCUT2D eigenvalue weighted by atomic mass is 9.44. The molecule has 296 valence electrons. The van der Waals surface area contributed by atoms with Crippen LogP contribution < -0.4 is 11.1 Å². The van der Waals surface area contributed by atoms with E-state index in [0.29, 0.717) is 83.1 Å². The summed E-state index contributed by atoms with van der Waals surface area (Å²) in [6.45, 7) is 19.7. The van der Waals surface area contributed by atoms with E-state index in [0.717, 1.165) is 37.5 Å². The normalized spacial score (nSPS) is 31.1. The lowest BCUT2D eigenvalue weighted by molar-refractivity contribution is -0.153. The second-order valence-corrected chi connectivity index (χ2v) is 16.3. The van der Waals surface area contributed by atoms with Crippen LogP contribution in [-0.2, 0) is 33.3 Å². The maximum Gasteiger partial charge on any atom is 0.308 e. The van der Waals surface area contributed by atoms with Crippen molar-refractivity contribution in [1.29, 1.82) is 0 Å². The summed E-state index contributed by atoms with van der Waals surface area (Å²) in [6, 6.07) is 0. The Kier molecular flexibility index (Phi) is 18.9. The van der Waals surface area contributed by atoms with Gasteiger partial charge in [-0.05, 0) is 85.9 Å². The van der Waals surface area contributed by atoms with Gasteiger partial charge in [-0.2, -0.15) is 0 Å². The minimum absolute atomic E-state index is 0.0275. The molecule has 51 heavy (non-hydrogen) atoms.